The molecule has 0 aliphatic carbocycles. The van der Waals surface area contributed by atoms with Crippen LogP contribution in [0.4, 0.5) is 0 Å². The molecule has 4 nitrogen and oxygen atoms in total. The van der Waals surface area contributed by atoms with E-state index in [2.05, 4.69) is 33.2 Å². The van der Waals surface area contributed by atoms with Crippen LogP contribution in [0, 0.1) is 0 Å². The van der Waals surface area contributed by atoms with Crippen molar-refractivity contribution in [3.05, 3.63) is 42.2 Å². The topological polar surface area (TPSA) is 58.0 Å². The SMILES string of the molecule is CCC[CH2][Sn]([CH2]CCC)([CH2]CCC)[c]1cnn(-c2ccc(C(C)S(=O)[O-])cc2)c1. The van der Waals surface area contributed by atoms with Gasteiger partial charge in [0.1, 0.15) is 0 Å². The molecular weight excluding hydrogens is 487 g/mol. The zero-order valence-corrected chi connectivity index (χ0v) is 22.2. The Labute approximate surface area is 183 Å². The Morgan fingerprint density at radius 1 is 1.00 bits per heavy atom. The van der Waals surface area contributed by atoms with Crippen molar-refractivity contribution >= 4 is 33.0 Å². The minimum atomic E-state index is -2.46. The van der Waals surface area contributed by atoms with E-state index in [1.807, 2.05) is 28.9 Å². The van der Waals surface area contributed by atoms with E-state index >= 15 is 0 Å². The molecule has 29 heavy (non-hydrogen) atoms. The molecule has 2 unspecified atom stereocenters. The van der Waals surface area contributed by atoms with Gasteiger partial charge in [0.05, 0.1) is 0 Å². The molecule has 1 heterocycles. The fraction of sp³-hybridized carbons (Fsp3) is 0.609. The van der Waals surface area contributed by atoms with Crippen molar-refractivity contribution in [2.45, 2.75) is 84.8 Å². The molecule has 0 saturated heterocycles. The van der Waals surface area contributed by atoms with Gasteiger partial charge in [-0.05, 0) is 0 Å². The first-order valence-corrected chi connectivity index (χ1v) is 19.8. The zero-order chi connectivity index (χ0) is 21.3. The molecule has 6 heteroatoms. The Kier molecular flexibility index (Phi) is 10.4. The van der Waals surface area contributed by atoms with E-state index in [-0.39, 0.29) is 0 Å². The van der Waals surface area contributed by atoms with Gasteiger partial charge in [0, 0.05) is 0 Å². The summed E-state index contributed by atoms with van der Waals surface area (Å²) in [5.41, 5.74) is 1.82. The van der Waals surface area contributed by atoms with Crippen molar-refractivity contribution in [2.75, 3.05) is 0 Å². The van der Waals surface area contributed by atoms with Gasteiger partial charge in [-0.2, -0.15) is 0 Å². The van der Waals surface area contributed by atoms with E-state index in [0.29, 0.717) is 0 Å². The molecule has 0 amide bonds. The van der Waals surface area contributed by atoms with E-state index in [1.165, 1.54) is 51.8 Å². The second-order valence-electron chi connectivity index (χ2n) is 8.26. The Morgan fingerprint density at radius 2 is 1.52 bits per heavy atom. The Bertz CT molecular complexity index is 739. The summed E-state index contributed by atoms with van der Waals surface area (Å²) in [5, 5.41) is 4.25. The maximum atomic E-state index is 11.2. The van der Waals surface area contributed by atoms with Crippen molar-refractivity contribution < 1.29 is 8.76 Å². The van der Waals surface area contributed by atoms with Crippen LogP contribution in [0.1, 0.15) is 77.0 Å². The summed E-state index contributed by atoms with van der Waals surface area (Å²) < 4.78 is 30.3. The minimum absolute atomic E-state index is 0.488. The monoisotopic (exact) mass is 525 g/mol. The van der Waals surface area contributed by atoms with Crippen LogP contribution in [0.2, 0.25) is 13.3 Å². The molecule has 0 N–H and O–H groups in total. The third-order valence-corrected chi connectivity index (χ3v) is 22.4. The van der Waals surface area contributed by atoms with Crippen LogP contribution in [0.3, 0.4) is 0 Å². The first-order valence-electron chi connectivity index (χ1n) is 11.2. The third kappa shape index (κ3) is 6.66. The van der Waals surface area contributed by atoms with Gasteiger partial charge in [-0.25, -0.2) is 0 Å². The van der Waals surface area contributed by atoms with Crippen LogP contribution in [-0.4, -0.2) is 36.9 Å². The molecule has 0 aliphatic rings. The molecule has 0 spiro atoms. The molecule has 0 saturated carbocycles. The molecular formula is C23H37N2O2SSn-. The summed E-state index contributed by atoms with van der Waals surface area (Å²) in [6, 6.07) is 7.77. The van der Waals surface area contributed by atoms with Gasteiger partial charge in [0.2, 0.25) is 0 Å². The number of hydrogen-bond acceptors (Lipinski definition) is 3. The molecule has 2 aromatic rings. The van der Waals surface area contributed by atoms with Crippen LogP contribution < -0.4 is 3.58 Å². The van der Waals surface area contributed by atoms with Gasteiger partial charge < -0.3 is 0 Å². The molecule has 2 rings (SSSR count). The van der Waals surface area contributed by atoms with Crippen molar-refractivity contribution in [3.63, 3.8) is 0 Å². The first kappa shape index (κ1) is 24.6. The fourth-order valence-electron chi connectivity index (χ4n) is 4.10. The van der Waals surface area contributed by atoms with E-state index < -0.39 is 34.7 Å². The van der Waals surface area contributed by atoms with Gasteiger partial charge >= 0.3 is 184 Å². The maximum absolute atomic E-state index is 11.2. The second kappa shape index (κ2) is 12.3. The quantitative estimate of drug-likeness (QED) is 0.243. The van der Waals surface area contributed by atoms with Crippen molar-refractivity contribution in [2.24, 2.45) is 0 Å². The Hall–Kier alpha value is -0.661. The van der Waals surface area contributed by atoms with Crippen LogP contribution in [0.25, 0.3) is 5.69 Å². The van der Waals surface area contributed by atoms with E-state index in [1.54, 1.807) is 10.5 Å². The summed E-state index contributed by atoms with van der Waals surface area (Å²) in [6.45, 7) is 8.62. The molecule has 1 aromatic carbocycles. The first-order chi connectivity index (χ1) is 14.0. The molecule has 0 aliphatic heterocycles. The molecule has 1 aromatic heterocycles. The van der Waals surface area contributed by atoms with E-state index in [9.17, 15) is 8.76 Å². The Morgan fingerprint density at radius 3 is 1.97 bits per heavy atom. The molecule has 2 atom stereocenters. The summed E-state index contributed by atoms with van der Waals surface area (Å²) >= 11 is -4.56. The molecule has 0 radical (unpaired) electrons. The van der Waals surface area contributed by atoms with Crippen LogP contribution in [0.15, 0.2) is 36.7 Å². The number of nitrogens with zero attached hydrogens (tertiary/aromatic N) is 2. The van der Waals surface area contributed by atoms with Gasteiger partial charge in [-0.15, -0.1) is 0 Å². The zero-order valence-electron chi connectivity index (χ0n) is 18.5. The standard InChI is InChI=1S/C11H11N2O2S.3C4H9.Sn/c1-9(16(14)15)10-3-5-11(6-4-10)13-8-2-7-12-13;3*1-3-4-2;/h3-9H,1H3,(H,14,15);3*1,3-4H2,2H3;/p-1. The Balaban J connectivity index is 2.31. The number of benzene rings is 1. The van der Waals surface area contributed by atoms with Crippen molar-refractivity contribution in [3.8, 4) is 5.69 Å². The van der Waals surface area contributed by atoms with E-state index in [0.717, 1.165) is 11.3 Å². The second-order valence-corrected chi connectivity index (χ2v) is 22.7. The van der Waals surface area contributed by atoms with Gasteiger partial charge in [0.15, 0.2) is 0 Å². The number of aromatic nitrogens is 2. The van der Waals surface area contributed by atoms with Crippen LogP contribution in [-0.2, 0) is 11.1 Å². The van der Waals surface area contributed by atoms with Crippen LogP contribution in [0.5, 0.6) is 0 Å². The summed E-state index contributed by atoms with van der Waals surface area (Å²) in [7, 11) is 0. The summed E-state index contributed by atoms with van der Waals surface area (Å²) in [4.78, 5) is 0. The van der Waals surface area contributed by atoms with Crippen molar-refractivity contribution in [1.82, 2.24) is 9.78 Å². The van der Waals surface area contributed by atoms with Crippen LogP contribution >= 0.6 is 0 Å². The predicted molar refractivity (Wildman–Crippen MR) is 125 cm³/mol. The average Bonchev–Trinajstić information content (AvgIpc) is 3.24. The van der Waals surface area contributed by atoms with Gasteiger partial charge in [0.25, 0.3) is 0 Å². The predicted octanol–water partition coefficient (Wildman–Crippen LogP) is 5.87. The molecule has 162 valence electrons. The van der Waals surface area contributed by atoms with Crippen molar-refractivity contribution in [1.29, 1.82) is 0 Å². The van der Waals surface area contributed by atoms with Gasteiger partial charge in [-0.3, -0.25) is 0 Å². The average molecular weight is 524 g/mol. The normalized spacial score (nSPS) is 14.1. The third-order valence-electron chi connectivity index (χ3n) is 6.14. The number of hydrogen-bond donors (Lipinski definition) is 0. The molecule has 0 fully saturated rings. The van der Waals surface area contributed by atoms with E-state index in [4.69, 9.17) is 5.10 Å². The fourth-order valence-corrected chi connectivity index (χ4v) is 20.0. The number of rotatable bonds is 13. The summed E-state index contributed by atoms with van der Waals surface area (Å²) in [5.74, 6) is 0. The molecule has 0 bridgehead atoms. The number of unbranched alkanes of at least 4 members (excludes halogenated alkanes) is 3. The summed E-state index contributed by atoms with van der Waals surface area (Å²) in [6.07, 6.45) is 12.3. The van der Waals surface area contributed by atoms with Gasteiger partial charge in [-0.1, -0.05) is 0 Å².